The molecule has 2 aliphatic heterocycles. The number of aromatic nitrogens is 1. The summed E-state index contributed by atoms with van der Waals surface area (Å²) in [5, 5.41) is 2.73. The predicted octanol–water partition coefficient (Wildman–Crippen LogP) is 4.55. The van der Waals surface area contributed by atoms with Crippen LogP contribution in [0.1, 0.15) is 37.1 Å². The molecule has 1 amide bonds. The number of aromatic amines is 1. The van der Waals surface area contributed by atoms with Crippen molar-refractivity contribution in [3.63, 3.8) is 0 Å². The lowest BCUT2D eigenvalue weighted by Gasteiger charge is -2.38. The second kappa shape index (κ2) is 13.5. The molecule has 0 radical (unpaired) electrons. The van der Waals surface area contributed by atoms with E-state index in [1.807, 2.05) is 6.08 Å². The fraction of sp³-hybridized carbons (Fsp3) is 0.485. The highest BCUT2D eigenvalue weighted by atomic mass is 35.5. The number of H-pyrrole nitrogens is 1. The predicted molar refractivity (Wildman–Crippen MR) is 168 cm³/mol. The Labute approximate surface area is 262 Å². The first-order valence-corrected chi connectivity index (χ1v) is 15.9. The first-order valence-electron chi connectivity index (χ1n) is 15.1. The summed E-state index contributed by atoms with van der Waals surface area (Å²) >= 11 is 12.6. The van der Waals surface area contributed by atoms with Crippen molar-refractivity contribution in [3.05, 3.63) is 74.6 Å². The van der Waals surface area contributed by atoms with Crippen LogP contribution in [0.5, 0.6) is 5.75 Å². The van der Waals surface area contributed by atoms with E-state index in [9.17, 15) is 4.79 Å². The van der Waals surface area contributed by atoms with Crippen LogP contribution in [0.4, 0.5) is 4.79 Å². The maximum Gasteiger partial charge on any atom is 0.416 e. The van der Waals surface area contributed by atoms with Crippen molar-refractivity contribution in [2.75, 3.05) is 53.1 Å². The number of nitrogens with one attached hydrogen (secondary N) is 1. The van der Waals surface area contributed by atoms with Crippen molar-refractivity contribution in [1.82, 2.24) is 14.8 Å². The van der Waals surface area contributed by atoms with E-state index < -0.39 is 6.09 Å². The van der Waals surface area contributed by atoms with Gasteiger partial charge >= 0.3 is 6.09 Å². The van der Waals surface area contributed by atoms with Crippen molar-refractivity contribution >= 4 is 41.4 Å². The smallest absolute Gasteiger partial charge is 0.416 e. The molecular formula is C33H39Cl2N3O5. The van der Waals surface area contributed by atoms with Gasteiger partial charge in [0.2, 0.25) is 0 Å². The van der Waals surface area contributed by atoms with Gasteiger partial charge in [0.1, 0.15) is 23.7 Å². The van der Waals surface area contributed by atoms with E-state index in [0.717, 1.165) is 73.3 Å². The third-order valence-electron chi connectivity index (χ3n) is 8.64. The van der Waals surface area contributed by atoms with Crippen LogP contribution >= 0.6 is 23.2 Å². The van der Waals surface area contributed by atoms with Crippen LogP contribution < -0.4 is 15.3 Å². The standard InChI is InChI=1S/C33H39Cl2N3O5/c1-21-18-22(19-29(40-2)32(21)42-15-3-11-37-13-16-41-17-14-37)31-30-26(27-20-24(35)6-9-28(27)36-30)10-12-38(31)33(39)43-25-7-4-23(34)5-8-25/h4-5,7-9,18-21,24,31-32,36H,3,6,10-17H2,1-2H3. The molecule has 1 aromatic heterocycles. The number of carbonyl (C=O) groups excluding carboxylic acids is 1. The molecule has 1 N–H and O–H groups in total. The van der Waals surface area contributed by atoms with Crippen molar-refractivity contribution in [2.45, 2.75) is 43.7 Å². The van der Waals surface area contributed by atoms with Crippen LogP contribution in [-0.2, 0) is 20.6 Å². The normalized spacial score (nSPS) is 25.4. The molecule has 8 nitrogen and oxygen atoms in total. The molecule has 4 aliphatic rings. The monoisotopic (exact) mass is 627 g/mol. The van der Waals surface area contributed by atoms with E-state index in [1.54, 1.807) is 36.3 Å². The summed E-state index contributed by atoms with van der Waals surface area (Å²) < 4.78 is 23.6. The average Bonchev–Trinajstić information content (AvgIpc) is 3.38. The fourth-order valence-electron chi connectivity index (χ4n) is 6.50. The lowest BCUT2D eigenvalue weighted by molar-refractivity contribution is 0.00328. The molecule has 43 heavy (non-hydrogen) atoms. The Bertz CT molecular complexity index is 1500. The number of fused-ring (bicyclic) bond motifs is 3. The average molecular weight is 629 g/mol. The summed E-state index contributed by atoms with van der Waals surface area (Å²) in [6.45, 7) is 7.79. The van der Waals surface area contributed by atoms with E-state index in [2.05, 4.69) is 35.0 Å². The van der Waals surface area contributed by atoms with Gasteiger partial charge in [0, 0.05) is 60.0 Å². The number of carbonyl (C=O) groups is 1. The van der Waals surface area contributed by atoms with Crippen molar-refractivity contribution in [2.24, 2.45) is 5.92 Å². The van der Waals surface area contributed by atoms with Gasteiger partial charge in [-0.2, -0.15) is 0 Å². The molecule has 0 saturated carbocycles. The number of alkyl halides is 1. The Morgan fingerprint density at radius 3 is 2.70 bits per heavy atom. The number of hydrogen-bond donors (Lipinski definition) is 1. The second-order valence-corrected chi connectivity index (χ2v) is 12.5. The van der Waals surface area contributed by atoms with Gasteiger partial charge in [0.15, 0.2) is 0 Å². The molecule has 230 valence electrons. The zero-order chi connectivity index (χ0) is 29.9. The lowest BCUT2D eigenvalue weighted by Crippen LogP contribution is -2.44. The van der Waals surface area contributed by atoms with Crippen LogP contribution in [0.2, 0.25) is 5.02 Å². The van der Waals surface area contributed by atoms with Crippen molar-refractivity contribution < 1.29 is 23.7 Å². The Morgan fingerprint density at radius 1 is 1.14 bits per heavy atom. The number of morpholine rings is 1. The largest absolute Gasteiger partial charge is 0.498 e. The molecule has 0 spiro atoms. The number of methoxy groups -OCH3 is 1. The van der Waals surface area contributed by atoms with Gasteiger partial charge in [-0.3, -0.25) is 9.80 Å². The number of nitrogens with zero attached hydrogens (tertiary/aromatic N) is 2. The maximum atomic E-state index is 13.7. The Kier molecular flexibility index (Phi) is 9.50. The number of amides is 1. The third kappa shape index (κ3) is 6.69. The number of ether oxygens (including phenoxy) is 4. The van der Waals surface area contributed by atoms with Gasteiger partial charge < -0.3 is 23.9 Å². The van der Waals surface area contributed by atoms with Gasteiger partial charge in [0.25, 0.3) is 0 Å². The van der Waals surface area contributed by atoms with E-state index in [1.165, 1.54) is 5.56 Å². The molecule has 1 fully saturated rings. The van der Waals surface area contributed by atoms with Crippen LogP contribution in [0.15, 0.2) is 47.7 Å². The summed E-state index contributed by atoms with van der Waals surface area (Å²) in [4.78, 5) is 21.6. The summed E-state index contributed by atoms with van der Waals surface area (Å²) in [7, 11) is 1.68. The third-order valence-corrected chi connectivity index (χ3v) is 9.20. The summed E-state index contributed by atoms with van der Waals surface area (Å²) in [6.07, 6.45) is 10.3. The number of hydrogen-bond acceptors (Lipinski definition) is 6. The highest BCUT2D eigenvalue weighted by molar-refractivity contribution is 6.30. The van der Waals surface area contributed by atoms with Gasteiger partial charge in [-0.25, -0.2) is 4.79 Å². The summed E-state index contributed by atoms with van der Waals surface area (Å²) in [5.74, 6) is 1.23. The second-order valence-electron chi connectivity index (χ2n) is 11.5. The maximum absolute atomic E-state index is 13.7. The highest BCUT2D eigenvalue weighted by Gasteiger charge is 2.39. The van der Waals surface area contributed by atoms with Crippen molar-refractivity contribution in [1.29, 1.82) is 0 Å². The van der Waals surface area contributed by atoms with Gasteiger partial charge in [-0.1, -0.05) is 36.8 Å². The molecule has 6 rings (SSSR count). The van der Waals surface area contributed by atoms with Crippen LogP contribution in [-0.4, -0.2) is 85.5 Å². The summed E-state index contributed by atoms with van der Waals surface area (Å²) in [6, 6.07) is 6.44. The zero-order valence-corrected chi connectivity index (χ0v) is 26.2. The minimum Gasteiger partial charge on any atom is -0.498 e. The Hall–Kier alpha value is -2.75. The van der Waals surface area contributed by atoms with E-state index in [-0.39, 0.29) is 23.4 Å². The minimum atomic E-state index is -0.420. The quantitative estimate of drug-likeness (QED) is 0.342. The van der Waals surface area contributed by atoms with E-state index in [0.29, 0.717) is 30.3 Å². The van der Waals surface area contributed by atoms with E-state index >= 15 is 0 Å². The molecule has 4 atom stereocenters. The SMILES string of the molecule is COC1=CC(C2c3[nH]c4c(c3CCN2C(=O)Oc2ccc(Cl)cc2)=CC(Cl)CC=4)=CC(C)C1OCCCN1CCOCC1. The Morgan fingerprint density at radius 2 is 1.93 bits per heavy atom. The van der Waals surface area contributed by atoms with Gasteiger partial charge in [-0.15, -0.1) is 11.6 Å². The first kappa shape index (κ1) is 30.3. The van der Waals surface area contributed by atoms with Crippen LogP contribution in [0.3, 0.4) is 0 Å². The number of rotatable bonds is 8. The highest BCUT2D eigenvalue weighted by Crippen LogP contribution is 2.39. The minimum absolute atomic E-state index is 0.0350. The molecule has 3 heterocycles. The Balaban J connectivity index is 1.26. The molecule has 2 aromatic rings. The molecule has 10 heteroatoms. The molecule has 4 unspecified atom stereocenters. The molecule has 1 saturated heterocycles. The molecule has 0 bridgehead atoms. The number of halogens is 2. The van der Waals surface area contributed by atoms with E-state index in [4.69, 9.17) is 42.1 Å². The van der Waals surface area contributed by atoms with Gasteiger partial charge in [-0.05, 0) is 60.7 Å². The number of benzene rings is 1. The zero-order valence-electron chi connectivity index (χ0n) is 24.7. The topological polar surface area (TPSA) is 76.3 Å². The fourth-order valence-corrected chi connectivity index (χ4v) is 6.84. The molecular weight excluding hydrogens is 589 g/mol. The first-order chi connectivity index (χ1) is 20.9. The van der Waals surface area contributed by atoms with Crippen LogP contribution in [0, 0.1) is 5.92 Å². The molecule has 1 aromatic carbocycles. The van der Waals surface area contributed by atoms with Crippen molar-refractivity contribution in [3.8, 4) is 5.75 Å². The molecule has 2 aliphatic carbocycles. The lowest BCUT2D eigenvalue weighted by atomic mass is 9.85. The van der Waals surface area contributed by atoms with Gasteiger partial charge in [0.05, 0.1) is 25.7 Å². The van der Waals surface area contributed by atoms with Crippen LogP contribution in [0.25, 0.3) is 12.2 Å². The summed E-state index contributed by atoms with van der Waals surface area (Å²) in [5.41, 5.74) is 3.14.